The van der Waals surface area contributed by atoms with Gasteiger partial charge in [-0.15, -0.1) is 56.7 Å². The van der Waals surface area contributed by atoms with E-state index in [0.29, 0.717) is 9.75 Å². The van der Waals surface area contributed by atoms with E-state index in [4.69, 9.17) is 0 Å². The third kappa shape index (κ3) is 3.41. The largest absolute Gasteiger partial charge is 0.202 e. The van der Waals surface area contributed by atoms with Crippen molar-refractivity contribution < 1.29 is 8.78 Å². The number of thiophene rings is 5. The molecule has 0 fully saturated rings. The monoisotopic (exact) mass is 596 g/mol. The minimum atomic E-state index is -0.755. The molecule has 0 nitrogen and oxygen atoms in total. The van der Waals surface area contributed by atoms with Gasteiger partial charge in [0.05, 0.1) is 9.75 Å². The zero-order valence-electron chi connectivity index (χ0n) is 19.9. The molecule has 7 heteroatoms. The summed E-state index contributed by atoms with van der Waals surface area (Å²) < 4.78 is 35.5. The fourth-order valence-electron chi connectivity index (χ4n) is 5.42. The van der Waals surface area contributed by atoms with Gasteiger partial charge in [0, 0.05) is 28.6 Å². The Morgan fingerprint density at radius 3 is 1.26 bits per heavy atom. The van der Waals surface area contributed by atoms with Crippen molar-refractivity contribution in [3.63, 3.8) is 0 Å². The van der Waals surface area contributed by atoms with Gasteiger partial charge in [-0.2, -0.15) is 0 Å². The van der Waals surface area contributed by atoms with Crippen LogP contribution in [-0.2, 0) is 0 Å². The molecule has 0 saturated carbocycles. The molecule has 5 heterocycles. The Morgan fingerprint density at radius 1 is 0.385 bits per heavy atom. The van der Waals surface area contributed by atoms with Crippen molar-refractivity contribution >= 4 is 119 Å². The Labute approximate surface area is 240 Å². The number of hydrogen-bond acceptors (Lipinski definition) is 5. The van der Waals surface area contributed by atoms with Gasteiger partial charge >= 0.3 is 0 Å². The van der Waals surface area contributed by atoms with Gasteiger partial charge in [0.15, 0.2) is 11.6 Å². The molecule has 39 heavy (non-hydrogen) atoms. The quantitative estimate of drug-likeness (QED) is 0.186. The van der Waals surface area contributed by atoms with Crippen LogP contribution in [0.25, 0.3) is 81.4 Å². The average molecular weight is 597 g/mol. The van der Waals surface area contributed by atoms with E-state index in [9.17, 15) is 0 Å². The predicted molar refractivity (Wildman–Crippen MR) is 172 cm³/mol. The molecule has 5 aromatic heterocycles. The number of rotatable bonds is 2. The van der Waals surface area contributed by atoms with Crippen molar-refractivity contribution in [2.24, 2.45) is 0 Å². The lowest BCUT2D eigenvalue weighted by molar-refractivity contribution is 0.521. The second-order valence-electron chi connectivity index (χ2n) is 9.71. The molecule has 0 spiro atoms. The van der Waals surface area contributed by atoms with Crippen LogP contribution < -0.4 is 0 Å². The van der Waals surface area contributed by atoms with Crippen molar-refractivity contribution in [1.29, 1.82) is 0 Å². The molecule has 0 N–H and O–H groups in total. The standard InChI is InChI=1S/C32H14F2S5/c33-29-30(34)32(28-14-22-8-20-10-24-16(2-4-36-24)6-18(20)12-26(22)38-28)39-31(29)27-13-21-7-19-9-23-15(1-3-35-23)5-17(19)11-25(21)37-27/h1-14H. The number of hydrogen-bond donors (Lipinski definition) is 0. The number of benzene rings is 4. The summed E-state index contributed by atoms with van der Waals surface area (Å²) in [5.74, 6) is -1.51. The van der Waals surface area contributed by atoms with Crippen molar-refractivity contribution in [3.8, 4) is 19.5 Å². The van der Waals surface area contributed by atoms with E-state index in [-0.39, 0.29) is 0 Å². The molecule has 186 valence electrons. The molecule has 0 aliphatic carbocycles. The zero-order chi connectivity index (χ0) is 25.8. The van der Waals surface area contributed by atoms with Crippen molar-refractivity contribution in [2.45, 2.75) is 0 Å². The van der Waals surface area contributed by atoms with Crippen LogP contribution in [0.4, 0.5) is 8.78 Å². The molecular formula is C32H14F2S5. The smallest absolute Gasteiger partial charge is 0.178 e. The fourth-order valence-corrected chi connectivity index (χ4v) is 10.5. The van der Waals surface area contributed by atoms with Gasteiger partial charge in [0.25, 0.3) is 0 Å². The summed E-state index contributed by atoms with van der Waals surface area (Å²) in [6, 6.07) is 25.8. The van der Waals surface area contributed by atoms with Gasteiger partial charge < -0.3 is 0 Å². The molecule has 0 aliphatic rings. The molecular weight excluding hydrogens is 583 g/mol. The maximum Gasteiger partial charge on any atom is 0.178 e. The first-order valence-electron chi connectivity index (χ1n) is 12.2. The summed E-state index contributed by atoms with van der Waals surface area (Å²) in [6.07, 6.45) is 0. The Kier molecular flexibility index (Phi) is 4.73. The highest BCUT2D eigenvalue weighted by Gasteiger charge is 2.24. The van der Waals surface area contributed by atoms with Crippen molar-refractivity contribution in [2.75, 3.05) is 0 Å². The van der Waals surface area contributed by atoms with E-state index in [1.54, 1.807) is 22.7 Å². The van der Waals surface area contributed by atoms with Crippen LogP contribution in [0.2, 0.25) is 0 Å². The van der Waals surface area contributed by atoms with E-state index in [1.807, 2.05) is 12.1 Å². The molecule has 9 rings (SSSR count). The van der Waals surface area contributed by atoms with Crippen LogP contribution in [0.5, 0.6) is 0 Å². The Morgan fingerprint density at radius 2 is 0.795 bits per heavy atom. The lowest BCUT2D eigenvalue weighted by Crippen LogP contribution is -1.78. The van der Waals surface area contributed by atoms with Crippen LogP contribution >= 0.6 is 56.7 Å². The Hall–Kier alpha value is -3.20. The van der Waals surface area contributed by atoms with Crippen LogP contribution in [0, 0.1) is 11.6 Å². The summed E-state index contributed by atoms with van der Waals surface area (Å²) in [6.45, 7) is 0. The normalized spacial score (nSPS) is 12.4. The summed E-state index contributed by atoms with van der Waals surface area (Å²) in [7, 11) is 0. The maximum atomic E-state index is 15.4. The molecule has 0 amide bonds. The predicted octanol–water partition coefficient (Wildman–Crippen LogP) is 12.5. The van der Waals surface area contributed by atoms with Crippen LogP contribution in [0.15, 0.2) is 83.6 Å². The van der Waals surface area contributed by atoms with E-state index < -0.39 is 11.6 Å². The number of fused-ring (bicyclic) bond motifs is 6. The molecule has 0 atom stereocenters. The van der Waals surface area contributed by atoms with E-state index in [0.717, 1.165) is 51.5 Å². The second-order valence-corrected chi connectivity index (χ2v) is 14.8. The Bertz CT molecular complexity index is 2120. The van der Waals surface area contributed by atoms with Gasteiger partial charge in [-0.05, 0) is 127 Å². The van der Waals surface area contributed by atoms with Crippen LogP contribution in [0.1, 0.15) is 0 Å². The third-order valence-corrected chi connectivity index (χ3v) is 12.8. The first-order valence-corrected chi connectivity index (χ1v) is 16.5. The lowest BCUT2D eigenvalue weighted by atomic mass is 10.1. The minimum Gasteiger partial charge on any atom is -0.202 e. The highest BCUT2D eigenvalue weighted by molar-refractivity contribution is 7.29. The molecule has 0 bridgehead atoms. The second kappa shape index (κ2) is 8.16. The molecule has 0 aliphatic heterocycles. The van der Waals surface area contributed by atoms with E-state index >= 15 is 8.78 Å². The van der Waals surface area contributed by atoms with Gasteiger partial charge in [0.1, 0.15) is 0 Å². The van der Waals surface area contributed by atoms with Gasteiger partial charge in [-0.3, -0.25) is 0 Å². The maximum absolute atomic E-state index is 15.4. The van der Waals surface area contributed by atoms with Crippen molar-refractivity contribution in [3.05, 3.63) is 95.2 Å². The third-order valence-electron chi connectivity index (χ3n) is 7.34. The lowest BCUT2D eigenvalue weighted by Gasteiger charge is -1.99. The minimum absolute atomic E-state index is 0.372. The Balaban J connectivity index is 1.17. The molecule has 0 unspecified atom stereocenters. The summed E-state index contributed by atoms with van der Waals surface area (Å²) >= 11 is 7.72. The topological polar surface area (TPSA) is 0 Å². The van der Waals surface area contributed by atoms with Crippen LogP contribution in [0.3, 0.4) is 0 Å². The number of halogens is 2. The van der Waals surface area contributed by atoms with Crippen LogP contribution in [-0.4, -0.2) is 0 Å². The molecule has 9 aromatic rings. The summed E-state index contributed by atoms with van der Waals surface area (Å²) in [5.41, 5.74) is 0. The highest BCUT2D eigenvalue weighted by atomic mass is 32.1. The average Bonchev–Trinajstić information content (AvgIpc) is 3.75. The highest BCUT2D eigenvalue weighted by Crippen LogP contribution is 2.47. The summed E-state index contributed by atoms with van der Waals surface area (Å²) in [5, 5.41) is 13.5. The SMILES string of the molecule is Fc1c(-c2cc3cc4cc5sccc5cc4cc3s2)sc(-c2cc3cc4cc5sccc5cc4cc3s2)c1F. The van der Waals surface area contributed by atoms with E-state index in [2.05, 4.69) is 71.4 Å². The van der Waals surface area contributed by atoms with E-state index in [1.165, 1.54) is 54.2 Å². The van der Waals surface area contributed by atoms with Gasteiger partial charge in [0.2, 0.25) is 0 Å². The van der Waals surface area contributed by atoms with Gasteiger partial charge in [-0.25, -0.2) is 8.78 Å². The van der Waals surface area contributed by atoms with Gasteiger partial charge in [-0.1, -0.05) is 0 Å². The molecule has 0 saturated heterocycles. The first kappa shape index (κ1) is 22.6. The van der Waals surface area contributed by atoms with Crippen molar-refractivity contribution in [1.82, 2.24) is 0 Å². The molecule has 4 aromatic carbocycles. The fraction of sp³-hybridized carbons (Fsp3) is 0. The first-order chi connectivity index (χ1) is 19.1. The molecule has 0 radical (unpaired) electrons. The summed E-state index contributed by atoms with van der Waals surface area (Å²) in [4.78, 5) is 2.27. The zero-order valence-corrected chi connectivity index (χ0v) is 24.0.